The van der Waals surface area contributed by atoms with Crippen LogP contribution in [0.2, 0.25) is 5.15 Å². The van der Waals surface area contributed by atoms with Crippen LogP contribution in [0.15, 0.2) is 16.7 Å². The number of amides is 1. The second-order valence-corrected chi connectivity index (χ2v) is 10.6. The Hall–Kier alpha value is -3.22. The normalized spacial score (nSPS) is 17.9. The van der Waals surface area contributed by atoms with Crippen molar-refractivity contribution in [1.82, 2.24) is 29.6 Å². The molecule has 194 valence electrons. The van der Waals surface area contributed by atoms with E-state index in [0.29, 0.717) is 37.7 Å². The second kappa shape index (κ2) is 9.58. The molecule has 0 spiro atoms. The number of imidazole rings is 1. The lowest BCUT2D eigenvalue weighted by atomic mass is 9.94. The summed E-state index contributed by atoms with van der Waals surface area (Å²) in [5.41, 5.74) is 3.36. The number of nitrogens with zero attached hydrogens (tertiary/aromatic N) is 7. The number of carbonyl (C=O) groups is 1. The van der Waals surface area contributed by atoms with E-state index in [1.54, 1.807) is 11.0 Å². The van der Waals surface area contributed by atoms with Gasteiger partial charge in [0.05, 0.1) is 30.3 Å². The number of pyridine rings is 1. The molecule has 1 atom stereocenters. The summed E-state index contributed by atoms with van der Waals surface area (Å²) in [6, 6.07) is 3.16. The van der Waals surface area contributed by atoms with Gasteiger partial charge < -0.3 is 23.8 Å². The van der Waals surface area contributed by atoms with E-state index in [1.165, 1.54) is 11.3 Å². The Morgan fingerprint density at radius 3 is 2.73 bits per heavy atom. The molecule has 1 unspecified atom stereocenters. The van der Waals surface area contributed by atoms with Gasteiger partial charge in [-0.15, -0.1) is 0 Å². The molecule has 2 aliphatic heterocycles. The molecule has 13 heteroatoms. The predicted octanol–water partition coefficient (Wildman–Crippen LogP) is 3.14. The van der Waals surface area contributed by atoms with Gasteiger partial charge in [-0.3, -0.25) is 4.79 Å². The highest BCUT2D eigenvalue weighted by atomic mass is 35.5. The standard InChI is InChI=1S/C24H26ClN7O4S/c1-13-20(14(2)36-29-13)22-21-16(26-24-32(21)28-15(3)37-24)6-7-31(22)19(33)12-35-17-4-5-18(27-23(17)25)30-8-10-34-11-9-30/h4-5,22H,6-12H2,1-3H3. The Morgan fingerprint density at radius 2 is 2.00 bits per heavy atom. The average molecular weight is 544 g/mol. The molecule has 0 bridgehead atoms. The van der Waals surface area contributed by atoms with Crippen LogP contribution in [0.4, 0.5) is 5.82 Å². The number of aryl methyl sites for hydroxylation is 3. The zero-order chi connectivity index (χ0) is 25.7. The maximum absolute atomic E-state index is 13.6. The highest BCUT2D eigenvalue weighted by Gasteiger charge is 2.39. The number of ether oxygens (including phenoxy) is 2. The monoisotopic (exact) mass is 543 g/mol. The van der Waals surface area contributed by atoms with Crippen molar-refractivity contribution in [2.24, 2.45) is 0 Å². The molecule has 0 radical (unpaired) electrons. The van der Waals surface area contributed by atoms with Crippen LogP contribution in [0, 0.1) is 20.8 Å². The lowest BCUT2D eigenvalue weighted by Crippen LogP contribution is -2.43. The molecule has 6 heterocycles. The van der Waals surface area contributed by atoms with Crippen molar-refractivity contribution in [3.05, 3.63) is 50.7 Å². The summed E-state index contributed by atoms with van der Waals surface area (Å²) in [6.07, 6.45) is 0.618. The zero-order valence-electron chi connectivity index (χ0n) is 20.7. The molecule has 4 aromatic rings. The number of aromatic nitrogens is 5. The number of hydrogen-bond donors (Lipinski definition) is 0. The van der Waals surface area contributed by atoms with Crippen molar-refractivity contribution in [1.29, 1.82) is 0 Å². The molecule has 0 aromatic carbocycles. The highest BCUT2D eigenvalue weighted by Crippen LogP contribution is 2.39. The van der Waals surface area contributed by atoms with E-state index in [-0.39, 0.29) is 17.7 Å². The van der Waals surface area contributed by atoms with Crippen molar-refractivity contribution in [3.63, 3.8) is 0 Å². The van der Waals surface area contributed by atoms with Crippen molar-refractivity contribution in [3.8, 4) is 5.75 Å². The molecule has 2 aliphatic rings. The molecule has 0 saturated carbocycles. The van der Waals surface area contributed by atoms with E-state index >= 15 is 0 Å². The van der Waals surface area contributed by atoms with Gasteiger partial charge in [0.2, 0.25) is 4.96 Å². The fourth-order valence-electron chi connectivity index (χ4n) is 5.01. The summed E-state index contributed by atoms with van der Waals surface area (Å²) in [4.78, 5) is 27.6. The first kappa shape index (κ1) is 24.1. The minimum absolute atomic E-state index is 0.189. The summed E-state index contributed by atoms with van der Waals surface area (Å²) >= 11 is 7.96. The van der Waals surface area contributed by atoms with Gasteiger partial charge in [-0.2, -0.15) is 5.10 Å². The van der Waals surface area contributed by atoms with Gasteiger partial charge in [0.25, 0.3) is 5.91 Å². The van der Waals surface area contributed by atoms with Gasteiger partial charge >= 0.3 is 0 Å². The molecule has 1 fully saturated rings. The molecular weight excluding hydrogens is 518 g/mol. The van der Waals surface area contributed by atoms with Gasteiger partial charge in [0, 0.05) is 31.6 Å². The third-order valence-corrected chi connectivity index (χ3v) is 7.84. The molecule has 1 saturated heterocycles. The first-order valence-electron chi connectivity index (χ1n) is 12.1. The fourth-order valence-corrected chi connectivity index (χ4v) is 5.99. The van der Waals surface area contributed by atoms with Crippen LogP contribution in [0.25, 0.3) is 4.96 Å². The SMILES string of the molecule is Cc1nn2c3c(nc2s1)CCN(C(=O)COc1ccc(N2CCOCC2)nc1Cl)C3c1c(C)noc1C. The van der Waals surface area contributed by atoms with Crippen LogP contribution < -0.4 is 9.64 Å². The Labute approximate surface area is 221 Å². The molecule has 0 N–H and O–H groups in total. The van der Waals surface area contributed by atoms with E-state index in [2.05, 4.69) is 20.1 Å². The Balaban J connectivity index is 1.27. The van der Waals surface area contributed by atoms with Crippen LogP contribution >= 0.6 is 22.9 Å². The zero-order valence-corrected chi connectivity index (χ0v) is 22.3. The molecule has 4 aromatic heterocycles. The Kier molecular flexibility index (Phi) is 6.25. The Bertz CT molecular complexity index is 1460. The third-order valence-electron chi connectivity index (χ3n) is 6.74. The largest absolute Gasteiger partial charge is 0.481 e. The average Bonchev–Trinajstić information content (AvgIpc) is 3.54. The van der Waals surface area contributed by atoms with E-state index < -0.39 is 6.04 Å². The van der Waals surface area contributed by atoms with Gasteiger partial charge in [-0.25, -0.2) is 14.5 Å². The first-order chi connectivity index (χ1) is 17.9. The molecule has 11 nitrogen and oxygen atoms in total. The van der Waals surface area contributed by atoms with E-state index in [4.69, 9.17) is 30.6 Å². The van der Waals surface area contributed by atoms with Gasteiger partial charge in [-0.05, 0) is 32.9 Å². The van der Waals surface area contributed by atoms with Gasteiger partial charge in [0.15, 0.2) is 17.5 Å². The summed E-state index contributed by atoms with van der Waals surface area (Å²) in [7, 11) is 0. The Morgan fingerprint density at radius 1 is 1.19 bits per heavy atom. The van der Waals surface area contributed by atoms with Crippen molar-refractivity contribution >= 4 is 39.6 Å². The maximum atomic E-state index is 13.6. The molecular formula is C24H26ClN7O4S. The van der Waals surface area contributed by atoms with E-state index in [1.807, 2.05) is 31.4 Å². The van der Waals surface area contributed by atoms with Gasteiger partial charge in [0.1, 0.15) is 22.6 Å². The number of rotatable bonds is 5. The number of morpholine rings is 1. The minimum atomic E-state index is -0.445. The van der Waals surface area contributed by atoms with Crippen LogP contribution in [0.5, 0.6) is 5.75 Å². The first-order valence-corrected chi connectivity index (χ1v) is 13.3. The summed E-state index contributed by atoms with van der Waals surface area (Å²) in [5.74, 6) is 1.59. The summed E-state index contributed by atoms with van der Waals surface area (Å²) < 4.78 is 18.6. The van der Waals surface area contributed by atoms with Crippen LogP contribution in [0.1, 0.15) is 39.5 Å². The van der Waals surface area contributed by atoms with E-state index in [9.17, 15) is 4.79 Å². The topological polar surface area (TPSA) is 111 Å². The van der Waals surface area contributed by atoms with Crippen molar-refractivity contribution in [2.75, 3.05) is 44.4 Å². The number of fused-ring (bicyclic) bond motifs is 3. The molecule has 37 heavy (non-hydrogen) atoms. The van der Waals surface area contributed by atoms with Crippen molar-refractivity contribution in [2.45, 2.75) is 33.2 Å². The maximum Gasteiger partial charge on any atom is 0.261 e. The van der Waals surface area contributed by atoms with Crippen LogP contribution in [-0.2, 0) is 16.0 Å². The highest BCUT2D eigenvalue weighted by molar-refractivity contribution is 7.16. The smallest absolute Gasteiger partial charge is 0.261 e. The summed E-state index contributed by atoms with van der Waals surface area (Å²) in [5, 5.41) is 9.94. The van der Waals surface area contributed by atoms with Gasteiger partial charge in [-0.1, -0.05) is 28.1 Å². The lowest BCUT2D eigenvalue weighted by molar-refractivity contribution is -0.135. The number of carbonyl (C=O) groups excluding carboxylic acids is 1. The third kappa shape index (κ3) is 4.32. The number of hydrogen-bond acceptors (Lipinski definition) is 10. The number of anilines is 1. The molecule has 0 aliphatic carbocycles. The lowest BCUT2D eigenvalue weighted by Gasteiger charge is -2.35. The molecule has 6 rings (SSSR count). The predicted molar refractivity (Wildman–Crippen MR) is 137 cm³/mol. The van der Waals surface area contributed by atoms with Crippen molar-refractivity contribution < 1.29 is 18.8 Å². The minimum Gasteiger partial charge on any atom is -0.481 e. The fraction of sp³-hybridized carbons (Fsp3) is 0.458. The van der Waals surface area contributed by atoms with E-state index in [0.717, 1.165) is 51.5 Å². The molecule has 1 amide bonds. The summed E-state index contributed by atoms with van der Waals surface area (Å²) in [6.45, 7) is 8.78. The van der Waals surface area contributed by atoms with Crippen LogP contribution in [-0.4, -0.2) is 75.0 Å². The van der Waals surface area contributed by atoms with Crippen LogP contribution in [0.3, 0.4) is 0 Å². The second-order valence-electron chi connectivity index (χ2n) is 9.08. The number of halogens is 1. The quantitative estimate of drug-likeness (QED) is 0.350.